The minimum atomic E-state index is 0.493. The first-order valence-electron chi connectivity index (χ1n) is 10.1. The number of nitrogens with zero attached hydrogens (tertiary/aromatic N) is 4. The largest absolute Gasteiger partial charge is 0.377 e. The molecule has 25 heavy (non-hydrogen) atoms. The van der Waals surface area contributed by atoms with E-state index in [4.69, 9.17) is 4.74 Å². The molecule has 0 spiro atoms. The predicted molar refractivity (Wildman–Crippen MR) is 101 cm³/mol. The fourth-order valence-corrected chi connectivity index (χ4v) is 4.56. The summed E-state index contributed by atoms with van der Waals surface area (Å²) in [4.78, 5) is 12.3. The van der Waals surface area contributed by atoms with Gasteiger partial charge < -0.3 is 14.5 Å². The highest BCUT2D eigenvalue weighted by atomic mass is 16.5. The van der Waals surface area contributed by atoms with E-state index in [0.29, 0.717) is 6.10 Å². The zero-order chi connectivity index (χ0) is 16.9. The molecule has 0 radical (unpaired) electrons. The number of anilines is 1. The molecule has 0 unspecified atom stereocenters. The van der Waals surface area contributed by atoms with Crippen LogP contribution in [0.2, 0.25) is 0 Å². The summed E-state index contributed by atoms with van der Waals surface area (Å²) in [5, 5.41) is 0. The number of pyridine rings is 1. The van der Waals surface area contributed by atoms with Crippen molar-refractivity contribution < 1.29 is 4.74 Å². The average molecular weight is 345 g/mol. The standard InChI is InChI=1S/C20H32N4O/c1-3-9-21-20(6-1)24-14-12-23(13-15-24)18-7-10-22(11-8-18)17-19-5-2-4-16-25-19/h1,3,6,9,18-19H,2,4-5,7-8,10-17H2/t19-/m0/s1. The van der Waals surface area contributed by atoms with E-state index >= 15 is 0 Å². The zero-order valence-corrected chi connectivity index (χ0v) is 15.4. The molecule has 0 bridgehead atoms. The quantitative estimate of drug-likeness (QED) is 0.836. The van der Waals surface area contributed by atoms with E-state index in [2.05, 4.69) is 31.8 Å². The van der Waals surface area contributed by atoms with Crippen LogP contribution >= 0.6 is 0 Å². The molecule has 0 amide bonds. The van der Waals surface area contributed by atoms with E-state index in [1.807, 2.05) is 12.3 Å². The molecular formula is C20H32N4O. The lowest BCUT2D eigenvalue weighted by Crippen LogP contribution is -2.54. The summed E-state index contributed by atoms with van der Waals surface area (Å²) in [6.07, 6.45) is 8.88. The van der Waals surface area contributed by atoms with Crippen molar-refractivity contribution in [2.24, 2.45) is 0 Å². The molecule has 3 saturated heterocycles. The monoisotopic (exact) mass is 344 g/mol. The molecule has 138 valence electrons. The topological polar surface area (TPSA) is 31.8 Å². The van der Waals surface area contributed by atoms with Gasteiger partial charge in [0.25, 0.3) is 0 Å². The third-order valence-corrected chi connectivity index (χ3v) is 6.10. The van der Waals surface area contributed by atoms with Crippen LogP contribution in [0.3, 0.4) is 0 Å². The Balaban J connectivity index is 1.20. The Hall–Kier alpha value is -1.17. The molecule has 0 aromatic carbocycles. The van der Waals surface area contributed by atoms with E-state index in [1.165, 1.54) is 58.3 Å². The van der Waals surface area contributed by atoms with Crippen LogP contribution in [0.5, 0.6) is 0 Å². The summed E-state index contributed by atoms with van der Waals surface area (Å²) in [5.41, 5.74) is 0. The van der Waals surface area contributed by atoms with Crippen LogP contribution in [0.1, 0.15) is 32.1 Å². The van der Waals surface area contributed by atoms with Crippen molar-refractivity contribution in [2.45, 2.75) is 44.2 Å². The number of likely N-dealkylation sites (tertiary alicyclic amines) is 1. The Morgan fingerprint density at radius 2 is 1.80 bits per heavy atom. The highest BCUT2D eigenvalue weighted by Crippen LogP contribution is 2.22. The maximum atomic E-state index is 5.91. The Labute approximate surface area is 152 Å². The Bertz CT molecular complexity index is 504. The minimum Gasteiger partial charge on any atom is -0.377 e. The maximum Gasteiger partial charge on any atom is 0.128 e. The van der Waals surface area contributed by atoms with Gasteiger partial charge in [0.1, 0.15) is 5.82 Å². The SMILES string of the molecule is c1ccc(N2CCN(C3CCN(C[C@@H]4CCCCO4)CC3)CC2)nc1. The molecule has 1 atom stereocenters. The summed E-state index contributed by atoms with van der Waals surface area (Å²) in [6, 6.07) is 6.97. The minimum absolute atomic E-state index is 0.493. The first-order chi connectivity index (χ1) is 12.4. The first kappa shape index (κ1) is 17.3. The predicted octanol–water partition coefficient (Wildman–Crippen LogP) is 2.24. The van der Waals surface area contributed by atoms with Crippen molar-refractivity contribution in [3.05, 3.63) is 24.4 Å². The second-order valence-corrected chi connectivity index (χ2v) is 7.73. The number of rotatable bonds is 4. The summed E-state index contributed by atoms with van der Waals surface area (Å²) >= 11 is 0. The maximum absolute atomic E-state index is 5.91. The Morgan fingerprint density at radius 3 is 2.48 bits per heavy atom. The average Bonchev–Trinajstić information content (AvgIpc) is 2.70. The summed E-state index contributed by atoms with van der Waals surface area (Å²) in [5.74, 6) is 1.13. The molecule has 4 rings (SSSR count). The number of ether oxygens (including phenoxy) is 1. The molecule has 3 fully saturated rings. The van der Waals surface area contributed by atoms with Gasteiger partial charge in [-0.05, 0) is 57.3 Å². The van der Waals surface area contributed by atoms with Crippen molar-refractivity contribution in [3.63, 3.8) is 0 Å². The van der Waals surface area contributed by atoms with Crippen molar-refractivity contribution in [1.29, 1.82) is 0 Å². The van der Waals surface area contributed by atoms with Crippen molar-refractivity contribution in [3.8, 4) is 0 Å². The molecule has 1 aromatic rings. The van der Waals surface area contributed by atoms with Crippen LogP contribution in [0.4, 0.5) is 5.82 Å². The number of hydrogen-bond acceptors (Lipinski definition) is 5. The molecule has 5 nitrogen and oxygen atoms in total. The molecule has 4 heterocycles. The number of piperidine rings is 1. The van der Waals surface area contributed by atoms with Crippen LogP contribution in [0.25, 0.3) is 0 Å². The second kappa shape index (κ2) is 8.47. The molecule has 3 aliphatic rings. The van der Waals surface area contributed by atoms with E-state index in [-0.39, 0.29) is 0 Å². The van der Waals surface area contributed by atoms with Gasteiger partial charge in [0.2, 0.25) is 0 Å². The molecule has 5 heteroatoms. The number of hydrogen-bond donors (Lipinski definition) is 0. The third kappa shape index (κ3) is 4.52. The molecule has 0 N–H and O–H groups in total. The van der Waals surface area contributed by atoms with Gasteiger partial charge in [0.15, 0.2) is 0 Å². The van der Waals surface area contributed by atoms with Crippen LogP contribution in [0, 0.1) is 0 Å². The smallest absolute Gasteiger partial charge is 0.128 e. The van der Waals surface area contributed by atoms with E-state index in [9.17, 15) is 0 Å². The van der Waals surface area contributed by atoms with Gasteiger partial charge in [0, 0.05) is 51.6 Å². The lowest BCUT2D eigenvalue weighted by molar-refractivity contribution is -0.0141. The van der Waals surface area contributed by atoms with Gasteiger partial charge in [-0.15, -0.1) is 0 Å². The molecular weight excluding hydrogens is 312 g/mol. The van der Waals surface area contributed by atoms with Crippen molar-refractivity contribution in [1.82, 2.24) is 14.8 Å². The highest BCUT2D eigenvalue weighted by Gasteiger charge is 2.28. The fourth-order valence-electron chi connectivity index (χ4n) is 4.56. The van der Waals surface area contributed by atoms with Gasteiger partial charge >= 0.3 is 0 Å². The van der Waals surface area contributed by atoms with E-state index in [0.717, 1.165) is 38.1 Å². The van der Waals surface area contributed by atoms with Crippen LogP contribution < -0.4 is 4.90 Å². The van der Waals surface area contributed by atoms with Gasteiger partial charge in [0.05, 0.1) is 6.10 Å². The van der Waals surface area contributed by atoms with E-state index < -0.39 is 0 Å². The number of piperazine rings is 1. The van der Waals surface area contributed by atoms with Gasteiger partial charge in [-0.25, -0.2) is 4.98 Å². The second-order valence-electron chi connectivity index (χ2n) is 7.73. The summed E-state index contributed by atoms with van der Waals surface area (Å²) in [6.45, 7) is 9.16. The van der Waals surface area contributed by atoms with Crippen LogP contribution in [0.15, 0.2) is 24.4 Å². The van der Waals surface area contributed by atoms with E-state index in [1.54, 1.807) is 0 Å². The normalized spacial score (nSPS) is 27.5. The van der Waals surface area contributed by atoms with Gasteiger partial charge in [-0.3, -0.25) is 4.90 Å². The van der Waals surface area contributed by atoms with Crippen molar-refractivity contribution >= 4 is 5.82 Å². The molecule has 0 aliphatic carbocycles. The third-order valence-electron chi connectivity index (χ3n) is 6.10. The lowest BCUT2D eigenvalue weighted by atomic mass is 10.0. The van der Waals surface area contributed by atoms with Crippen LogP contribution in [-0.4, -0.2) is 79.3 Å². The first-order valence-corrected chi connectivity index (χ1v) is 10.1. The van der Waals surface area contributed by atoms with Gasteiger partial charge in [-0.1, -0.05) is 6.07 Å². The summed E-state index contributed by atoms with van der Waals surface area (Å²) in [7, 11) is 0. The molecule has 0 saturated carbocycles. The fraction of sp³-hybridized carbons (Fsp3) is 0.750. The molecule has 3 aliphatic heterocycles. The van der Waals surface area contributed by atoms with Gasteiger partial charge in [-0.2, -0.15) is 0 Å². The van der Waals surface area contributed by atoms with Crippen LogP contribution in [-0.2, 0) is 4.74 Å². The highest BCUT2D eigenvalue weighted by molar-refractivity contribution is 5.38. The van der Waals surface area contributed by atoms with Crippen molar-refractivity contribution in [2.75, 3.05) is 57.3 Å². The Morgan fingerprint density at radius 1 is 0.960 bits per heavy atom. The Kier molecular flexibility index (Phi) is 5.85. The number of aromatic nitrogens is 1. The summed E-state index contributed by atoms with van der Waals surface area (Å²) < 4.78 is 5.91. The molecule has 1 aromatic heterocycles. The zero-order valence-electron chi connectivity index (χ0n) is 15.4. The lowest BCUT2D eigenvalue weighted by Gasteiger charge is -2.43.